The molecule has 0 saturated heterocycles. The number of rotatable bonds is 1. The molecule has 0 unspecified atom stereocenters. The summed E-state index contributed by atoms with van der Waals surface area (Å²) in [6.45, 7) is 0. The summed E-state index contributed by atoms with van der Waals surface area (Å²) >= 11 is 0. The number of hydrogen-bond acceptors (Lipinski definition) is 3. The number of nitrogens with two attached hydrogens (primary N) is 1. The second-order valence-corrected chi connectivity index (χ2v) is 3.90. The number of pyridine rings is 1. The summed E-state index contributed by atoms with van der Waals surface area (Å²) in [4.78, 5) is 0. The second-order valence-electron chi connectivity index (χ2n) is 3.90. The van der Waals surface area contributed by atoms with Crippen LogP contribution in [-0.2, 0) is 0 Å². The molecule has 0 aliphatic rings. The largest absolute Gasteiger partial charge is 0.396 e. The Bertz CT molecular complexity index is 782. The Morgan fingerprint density at radius 1 is 1.00 bits per heavy atom. The predicted molar refractivity (Wildman–Crippen MR) is 62.7 cm³/mol. The molecule has 0 fully saturated rings. The Labute approximate surface area is 105 Å². The third kappa shape index (κ3) is 1.62. The maximum atomic E-state index is 13.7. The van der Waals surface area contributed by atoms with E-state index < -0.39 is 17.5 Å². The average Bonchev–Trinajstić information content (AvgIpc) is 2.82. The molecule has 96 valence electrons. The van der Waals surface area contributed by atoms with Crippen molar-refractivity contribution in [2.24, 2.45) is 0 Å². The van der Waals surface area contributed by atoms with E-state index in [0.29, 0.717) is 11.3 Å². The van der Waals surface area contributed by atoms with Crippen LogP contribution in [0.2, 0.25) is 0 Å². The molecule has 0 bridgehead atoms. The van der Waals surface area contributed by atoms with Gasteiger partial charge in [-0.3, -0.25) is 4.40 Å². The summed E-state index contributed by atoms with van der Waals surface area (Å²) in [6.07, 6.45) is 1.56. The quantitative estimate of drug-likeness (QED) is 0.686. The number of halogens is 3. The minimum Gasteiger partial charge on any atom is -0.396 e. The monoisotopic (exact) mass is 264 g/mol. The van der Waals surface area contributed by atoms with Gasteiger partial charge in [-0.1, -0.05) is 0 Å². The third-order valence-electron chi connectivity index (χ3n) is 2.74. The first-order valence-electron chi connectivity index (χ1n) is 5.32. The fraction of sp³-hybridized carbons (Fsp3) is 0. The normalized spacial score (nSPS) is 11.1. The first-order chi connectivity index (χ1) is 9.09. The fourth-order valence-electron chi connectivity index (χ4n) is 1.82. The summed E-state index contributed by atoms with van der Waals surface area (Å²) < 4.78 is 41.3. The first kappa shape index (κ1) is 11.5. The number of nitrogen functional groups attached to an aromatic ring is 1. The van der Waals surface area contributed by atoms with E-state index in [0.717, 1.165) is 12.1 Å². The molecule has 2 aromatic heterocycles. The van der Waals surface area contributed by atoms with E-state index in [2.05, 4.69) is 10.2 Å². The van der Waals surface area contributed by atoms with Gasteiger partial charge in [-0.15, -0.1) is 10.2 Å². The lowest BCUT2D eigenvalue weighted by Gasteiger charge is -2.03. The van der Waals surface area contributed by atoms with E-state index in [1.165, 1.54) is 4.40 Å². The van der Waals surface area contributed by atoms with E-state index >= 15 is 0 Å². The molecule has 3 rings (SSSR count). The minimum atomic E-state index is -1.54. The van der Waals surface area contributed by atoms with Crippen molar-refractivity contribution in [1.29, 1.82) is 0 Å². The minimum absolute atomic E-state index is 0.0544. The highest BCUT2D eigenvalue weighted by molar-refractivity contribution is 5.69. The number of anilines is 1. The van der Waals surface area contributed by atoms with Crippen molar-refractivity contribution < 1.29 is 13.2 Å². The fourth-order valence-corrected chi connectivity index (χ4v) is 1.82. The van der Waals surface area contributed by atoms with E-state index in [1.54, 1.807) is 18.3 Å². The standard InChI is InChI=1S/C12H7F3N4/c13-7-4-3-6(9(14)10(7)15)11-17-18-12-8(16)2-1-5-19(11)12/h1-5H,16H2. The third-order valence-corrected chi connectivity index (χ3v) is 2.74. The Balaban J connectivity index is 2.31. The lowest BCUT2D eigenvalue weighted by atomic mass is 10.2. The van der Waals surface area contributed by atoms with Crippen LogP contribution in [0.5, 0.6) is 0 Å². The Hall–Kier alpha value is -2.57. The number of aromatic nitrogens is 3. The van der Waals surface area contributed by atoms with Crippen LogP contribution < -0.4 is 5.73 Å². The molecule has 2 N–H and O–H groups in total. The van der Waals surface area contributed by atoms with Gasteiger partial charge in [0.1, 0.15) is 0 Å². The van der Waals surface area contributed by atoms with Crippen LogP contribution in [0.3, 0.4) is 0 Å². The maximum absolute atomic E-state index is 13.7. The molecule has 1 aromatic carbocycles. The number of fused-ring (bicyclic) bond motifs is 1. The van der Waals surface area contributed by atoms with Crippen LogP contribution in [0.15, 0.2) is 30.5 Å². The van der Waals surface area contributed by atoms with Gasteiger partial charge in [-0.05, 0) is 24.3 Å². The summed E-state index contributed by atoms with van der Waals surface area (Å²) in [5.74, 6) is -4.05. The van der Waals surface area contributed by atoms with E-state index in [4.69, 9.17) is 5.73 Å². The average molecular weight is 264 g/mol. The molecule has 0 saturated carbocycles. The summed E-state index contributed by atoms with van der Waals surface area (Å²) in [6, 6.07) is 5.16. The SMILES string of the molecule is Nc1cccn2c(-c3ccc(F)c(F)c3F)nnc12. The zero-order valence-electron chi connectivity index (χ0n) is 9.44. The highest BCUT2D eigenvalue weighted by atomic mass is 19.2. The van der Waals surface area contributed by atoms with Gasteiger partial charge in [0.05, 0.1) is 11.3 Å². The van der Waals surface area contributed by atoms with Crippen LogP contribution in [0.1, 0.15) is 0 Å². The van der Waals surface area contributed by atoms with Gasteiger partial charge in [0.15, 0.2) is 28.9 Å². The van der Waals surface area contributed by atoms with Crippen LogP contribution in [0, 0.1) is 17.5 Å². The van der Waals surface area contributed by atoms with Gasteiger partial charge in [0.2, 0.25) is 0 Å². The van der Waals surface area contributed by atoms with E-state index in [1.807, 2.05) is 0 Å². The molecule has 4 nitrogen and oxygen atoms in total. The van der Waals surface area contributed by atoms with Gasteiger partial charge < -0.3 is 5.73 Å². The molecule has 2 heterocycles. The van der Waals surface area contributed by atoms with Gasteiger partial charge >= 0.3 is 0 Å². The Kier molecular flexibility index (Phi) is 2.41. The lowest BCUT2D eigenvalue weighted by molar-refractivity contribution is 0.448. The van der Waals surface area contributed by atoms with Gasteiger partial charge in [0, 0.05) is 6.20 Å². The first-order valence-corrected chi connectivity index (χ1v) is 5.32. The van der Waals surface area contributed by atoms with Crippen LogP contribution in [0.4, 0.5) is 18.9 Å². The van der Waals surface area contributed by atoms with Gasteiger partial charge in [-0.2, -0.15) is 0 Å². The highest BCUT2D eigenvalue weighted by Gasteiger charge is 2.19. The van der Waals surface area contributed by atoms with E-state index in [-0.39, 0.29) is 11.4 Å². The summed E-state index contributed by atoms with van der Waals surface area (Å²) in [5.41, 5.74) is 6.18. The molecule has 0 aliphatic carbocycles. The lowest BCUT2D eigenvalue weighted by Crippen LogP contribution is -1.98. The molecular weight excluding hydrogens is 257 g/mol. The molecular formula is C12H7F3N4. The van der Waals surface area contributed by atoms with Crippen molar-refractivity contribution in [1.82, 2.24) is 14.6 Å². The smallest absolute Gasteiger partial charge is 0.195 e. The highest BCUT2D eigenvalue weighted by Crippen LogP contribution is 2.26. The van der Waals surface area contributed by atoms with Crippen molar-refractivity contribution in [3.05, 3.63) is 47.9 Å². The van der Waals surface area contributed by atoms with Crippen LogP contribution >= 0.6 is 0 Å². The zero-order valence-corrected chi connectivity index (χ0v) is 9.44. The molecule has 0 radical (unpaired) electrons. The van der Waals surface area contributed by atoms with Gasteiger partial charge in [-0.25, -0.2) is 13.2 Å². The molecule has 0 amide bonds. The predicted octanol–water partition coefficient (Wildman–Crippen LogP) is 2.40. The molecule has 0 aliphatic heterocycles. The van der Waals surface area contributed by atoms with E-state index in [9.17, 15) is 13.2 Å². The van der Waals surface area contributed by atoms with Crippen molar-refractivity contribution in [2.75, 3.05) is 5.73 Å². The zero-order chi connectivity index (χ0) is 13.6. The van der Waals surface area contributed by atoms with Crippen LogP contribution in [0.25, 0.3) is 17.0 Å². The van der Waals surface area contributed by atoms with Gasteiger partial charge in [0.25, 0.3) is 0 Å². The Morgan fingerprint density at radius 2 is 1.79 bits per heavy atom. The van der Waals surface area contributed by atoms with Crippen molar-refractivity contribution in [2.45, 2.75) is 0 Å². The summed E-state index contributed by atoms with van der Waals surface area (Å²) in [7, 11) is 0. The molecule has 0 atom stereocenters. The van der Waals surface area contributed by atoms with Crippen molar-refractivity contribution in [3.63, 3.8) is 0 Å². The number of nitrogens with zero attached hydrogens (tertiary/aromatic N) is 3. The number of benzene rings is 1. The van der Waals surface area contributed by atoms with Crippen molar-refractivity contribution in [3.8, 4) is 11.4 Å². The molecule has 19 heavy (non-hydrogen) atoms. The topological polar surface area (TPSA) is 56.2 Å². The second kappa shape index (κ2) is 3.98. The Morgan fingerprint density at radius 3 is 2.58 bits per heavy atom. The van der Waals surface area contributed by atoms with Crippen LogP contribution in [-0.4, -0.2) is 14.6 Å². The molecule has 7 heteroatoms. The maximum Gasteiger partial charge on any atom is 0.195 e. The molecule has 3 aromatic rings. The number of hydrogen-bond donors (Lipinski definition) is 1. The summed E-state index contributed by atoms with van der Waals surface area (Å²) in [5, 5.41) is 7.55. The van der Waals surface area contributed by atoms with Crippen molar-refractivity contribution >= 4 is 11.3 Å². The molecule has 0 spiro atoms.